The fraction of sp³-hybridized carbons (Fsp3) is 0.455. The van der Waals surface area contributed by atoms with E-state index in [9.17, 15) is 0 Å². The van der Waals surface area contributed by atoms with E-state index in [-0.39, 0.29) is 0 Å². The summed E-state index contributed by atoms with van der Waals surface area (Å²) < 4.78 is 0. The molecule has 2 atom stereocenters. The summed E-state index contributed by atoms with van der Waals surface area (Å²) in [7, 11) is 0.546. The molecule has 0 radical (unpaired) electrons. The second kappa shape index (κ2) is 7.89. The van der Waals surface area contributed by atoms with Gasteiger partial charge >= 0.3 is 0 Å². The molecule has 26 heavy (non-hydrogen) atoms. The van der Waals surface area contributed by atoms with Crippen molar-refractivity contribution in [1.82, 2.24) is 9.80 Å². The topological polar surface area (TPSA) is 6.48 Å². The van der Waals surface area contributed by atoms with Crippen LogP contribution in [0.25, 0.3) is 0 Å². The Balaban J connectivity index is 1.71. The molecule has 0 aliphatic carbocycles. The van der Waals surface area contributed by atoms with E-state index in [0.717, 1.165) is 11.3 Å². The summed E-state index contributed by atoms with van der Waals surface area (Å²) in [4.78, 5) is 5.28. The Morgan fingerprint density at radius 1 is 0.808 bits per heavy atom. The second-order valence-electron chi connectivity index (χ2n) is 7.90. The first-order chi connectivity index (χ1) is 12.7. The molecule has 138 valence electrons. The van der Waals surface area contributed by atoms with Crippen molar-refractivity contribution in [3.63, 3.8) is 0 Å². The van der Waals surface area contributed by atoms with Crippen LogP contribution in [0.1, 0.15) is 0 Å². The first-order valence-corrected chi connectivity index (χ1v) is 13.5. The smallest absolute Gasteiger partial charge is 0.120 e. The average Bonchev–Trinajstić information content (AvgIpc) is 3.11. The van der Waals surface area contributed by atoms with Gasteiger partial charge in [-0.15, -0.1) is 0 Å². The molecule has 2 aliphatic heterocycles. The Morgan fingerprint density at radius 3 is 1.85 bits per heavy atom. The van der Waals surface area contributed by atoms with Crippen LogP contribution >= 0.6 is 11.8 Å². The van der Waals surface area contributed by atoms with Gasteiger partial charge in [-0.1, -0.05) is 71.0 Å². The third kappa shape index (κ3) is 3.40. The number of hydrogen-bond donors (Lipinski definition) is 0. The standard InChI is InChI=1S/C22H30N2SSi/c1-23-13-15-24(16-14-23)21-17-26(18-22(21)25-2,19-9-5-3-6-10-19)20-11-7-4-8-12-20/h3-12,21-22H,13-18H2,1-2H3/t21-,22-/m1/s1. The fourth-order valence-electron chi connectivity index (χ4n) is 4.96. The van der Waals surface area contributed by atoms with Gasteiger partial charge in [0.25, 0.3) is 0 Å². The minimum Gasteiger partial charge on any atom is -0.304 e. The van der Waals surface area contributed by atoms with Crippen molar-refractivity contribution in [1.29, 1.82) is 0 Å². The molecule has 0 amide bonds. The number of likely N-dealkylation sites (N-methyl/N-ethyl adjacent to an activating group) is 1. The van der Waals surface area contributed by atoms with Gasteiger partial charge < -0.3 is 4.90 Å². The zero-order valence-electron chi connectivity index (χ0n) is 16.0. The van der Waals surface area contributed by atoms with E-state index in [0.29, 0.717) is 0 Å². The molecule has 4 heteroatoms. The molecule has 2 fully saturated rings. The van der Waals surface area contributed by atoms with Gasteiger partial charge in [-0.3, -0.25) is 4.90 Å². The number of hydrogen-bond acceptors (Lipinski definition) is 3. The minimum atomic E-state index is -1.71. The van der Waals surface area contributed by atoms with Gasteiger partial charge in [-0.2, -0.15) is 11.8 Å². The van der Waals surface area contributed by atoms with Crippen LogP contribution in [-0.4, -0.2) is 68.6 Å². The normalized spacial score (nSPS) is 26.8. The summed E-state index contributed by atoms with van der Waals surface area (Å²) >= 11 is 2.11. The lowest BCUT2D eigenvalue weighted by Crippen LogP contribution is -2.57. The zero-order chi connectivity index (χ0) is 18.0. The minimum absolute atomic E-state index is 0.728. The predicted octanol–water partition coefficient (Wildman–Crippen LogP) is 2.61. The van der Waals surface area contributed by atoms with Crippen LogP contribution in [0, 0.1) is 0 Å². The number of thioether (sulfide) groups is 1. The van der Waals surface area contributed by atoms with Gasteiger partial charge in [0.05, 0.1) is 0 Å². The maximum atomic E-state index is 2.81. The molecule has 0 unspecified atom stereocenters. The summed E-state index contributed by atoms with van der Waals surface area (Å²) in [6, 6.07) is 26.4. The van der Waals surface area contributed by atoms with E-state index in [1.165, 1.54) is 38.3 Å². The highest BCUT2D eigenvalue weighted by molar-refractivity contribution is 7.99. The molecule has 2 heterocycles. The Bertz CT molecular complexity index is 661. The highest BCUT2D eigenvalue weighted by atomic mass is 32.2. The lowest BCUT2D eigenvalue weighted by Gasteiger charge is -2.39. The van der Waals surface area contributed by atoms with E-state index >= 15 is 0 Å². The molecule has 0 saturated carbocycles. The number of nitrogens with zero attached hydrogens (tertiary/aromatic N) is 2. The van der Waals surface area contributed by atoms with Gasteiger partial charge in [-0.25, -0.2) is 0 Å². The molecule has 2 saturated heterocycles. The van der Waals surface area contributed by atoms with E-state index in [4.69, 9.17) is 0 Å². The van der Waals surface area contributed by atoms with Gasteiger partial charge in [0.15, 0.2) is 0 Å². The molecule has 2 aromatic carbocycles. The largest absolute Gasteiger partial charge is 0.304 e. The molecular weight excluding hydrogens is 352 g/mol. The number of piperazine rings is 1. The zero-order valence-corrected chi connectivity index (χ0v) is 17.8. The van der Waals surface area contributed by atoms with Crippen molar-refractivity contribution in [2.75, 3.05) is 39.5 Å². The summed E-state index contributed by atoms with van der Waals surface area (Å²) in [6.45, 7) is 4.88. The summed E-state index contributed by atoms with van der Waals surface area (Å²) in [5, 5.41) is 4.01. The van der Waals surface area contributed by atoms with Crippen molar-refractivity contribution in [2.24, 2.45) is 0 Å². The van der Waals surface area contributed by atoms with Crippen molar-refractivity contribution in [3.05, 3.63) is 60.7 Å². The van der Waals surface area contributed by atoms with Gasteiger partial charge in [0.1, 0.15) is 8.07 Å². The lowest BCUT2D eigenvalue weighted by atomic mass is 10.2. The van der Waals surface area contributed by atoms with Crippen LogP contribution in [0.2, 0.25) is 12.1 Å². The molecule has 0 bridgehead atoms. The maximum absolute atomic E-state index is 2.81. The molecule has 2 aromatic rings. The third-order valence-corrected chi connectivity index (χ3v) is 13.0. The summed E-state index contributed by atoms with van der Waals surface area (Å²) in [5.41, 5.74) is 0. The van der Waals surface area contributed by atoms with Crippen molar-refractivity contribution < 1.29 is 0 Å². The quantitative estimate of drug-likeness (QED) is 0.751. The molecule has 0 N–H and O–H groups in total. The van der Waals surface area contributed by atoms with Crippen LogP contribution in [0.5, 0.6) is 0 Å². The maximum Gasteiger partial charge on any atom is 0.120 e. The summed E-state index contributed by atoms with van der Waals surface area (Å²) in [5.74, 6) is 0. The third-order valence-electron chi connectivity index (χ3n) is 6.50. The number of rotatable bonds is 4. The SMILES string of the molecule is CS[C@@H]1C[Si](c2ccccc2)(c2ccccc2)C[C@H]1N1CCN(C)CC1. The molecular formula is C22H30N2SSi. The highest BCUT2D eigenvalue weighted by Gasteiger charge is 2.50. The Kier molecular flexibility index (Phi) is 5.55. The molecule has 2 nitrogen and oxygen atoms in total. The lowest BCUT2D eigenvalue weighted by molar-refractivity contribution is 0.122. The van der Waals surface area contributed by atoms with Gasteiger partial charge in [0, 0.05) is 37.5 Å². The van der Waals surface area contributed by atoms with Crippen molar-refractivity contribution in [2.45, 2.75) is 23.4 Å². The fourth-order valence-corrected chi connectivity index (χ4v) is 12.6. The van der Waals surface area contributed by atoms with Crippen LogP contribution < -0.4 is 10.4 Å². The van der Waals surface area contributed by atoms with Crippen molar-refractivity contribution >= 4 is 30.2 Å². The Labute approximate surface area is 163 Å². The Morgan fingerprint density at radius 2 is 1.35 bits per heavy atom. The number of benzene rings is 2. The van der Waals surface area contributed by atoms with E-state index < -0.39 is 8.07 Å². The molecule has 0 spiro atoms. The van der Waals surface area contributed by atoms with E-state index in [2.05, 4.69) is 95.5 Å². The first kappa shape index (κ1) is 18.3. The monoisotopic (exact) mass is 382 g/mol. The first-order valence-electron chi connectivity index (χ1n) is 9.79. The Hall–Kier alpha value is -1.07. The van der Waals surface area contributed by atoms with Gasteiger partial charge in [0.2, 0.25) is 0 Å². The highest BCUT2D eigenvalue weighted by Crippen LogP contribution is 2.39. The van der Waals surface area contributed by atoms with Crippen LogP contribution in [0.4, 0.5) is 0 Å². The molecule has 2 aliphatic rings. The van der Waals surface area contributed by atoms with E-state index in [1.54, 1.807) is 10.4 Å². The predicted molar refractivity (Wildman–Crippen MR) is 118 cm³/mol. The van der Waals surface area contributed by atoms with Crippen molar-refractivity contribution in [3.8, 4) is 0 Å². The average molecular weight is 383 g/mol. The summed E-state index contributed by atoms with van der Waals surface area (Å²) in [6.07, 6.45) is 2.33. The van der Waals surface area contributed by atoms with Gasteiger partial charge in [-0.05, 0) is 25.4 Å². The second-order valence-corrected chi connectivity index (χ2v) is 13.1. The van der Waals surface area contributed by atoms with E-state index in [1.807, 2.05) is 0 Å². The van der Waals surface area contributed by atoms with Crippen LogP contribution in [0.15, 0.2) is 60.7 Å². The van der Waals surface area contributed by atoms with Crippen LogP contribution in [0.3, 0.4) is 0 Å². The molecule has 0 aromatic heterocycles. The van der Waals surface area contributed by atoms with Crippen LogP contribution in [-0.2, 0) is 0 Å². The molecule has 4 rings (SSSR count).